The number of hydrogen-bond acceptors (Lipinski definition) is 5. The molecule has 0 aliphatic carbocycles. The van der Waals surface area contributed by atoms with E-state index >= 15 is 0 Å². The molecule has 0 fully saturated rings. The first-order chi connectivity index (χ1) is 15.3. The fraction of sp³-hybridized carbons (Fsp3) is 0.130. The predicted molar refractivity (Wildman–Crippen MR) is 119 cm³/mol. The molecule has 0 unspecified atom stereocenters. The molecule has 0 saturated carbocycles. The number of rotatable bonds is 9. The van der Waals surface area contributed by atoms with E-state index in [0.717, 1.165) is 24.3 Å². The Morgan fingerprint density at radius 2 is 1.62 bits per heavy atom. The van der Waals surface area contributed by atoms with Gasteiger partial charge in [0.1, 0.15) is 11.6 Å². The van der Waals surface area contributed by atoms with E-state index in [-0.39, 0.29) is 35.0 Å². The quantitative estimate of drug-likeness (QED) is 0.469. The van der Waals surface area contributed by atoms with E-state index in [1.165, 1.54) is 19.2 Å². The van der Waals surface area contributed by atoms with Gasteiger partial charge in [-0.25, -0.2) is 12.8 Å². The van der Waals surface area contributed by atoms with Crippen LogP contribution in [0.1, 0.15) is 23.2 Å². The fourth-order valence-corrected chi connectivity index (χ4v) is 3.96. The topological polar surface area (TPSA) is 102 Å². The molecule has 166 valence electrons. The van der Waals surface area contributed by atoms with Crippen LogP contribution >= 0.6 is 0 Å². The zero-order chi connectivity index (χ0) is 23.1. The Labute approximate surface area is 185 Å². The van der Waals surface area contributed by atoms with E-state index in [1.807, 2.05) is 0 Å². The summed E-state index contributed by atoms with van der Waals surface area (Å²) in [7, 11) is -2.64. The lowest BCUT2D eigenvalue weighted by Crippen LogP contribution is -2.15. The Morgan fingerprint density at radius 3 is 2.28 bits per heavy atom. The van der Waals surface area contributed by atoms with Crippen molar-refractivity contribution in [2.75, 3.05) is 17.1 Å². The third-order valence-corrected chi connectivity index (χ3v) is 5.91. The van der Waals surface area contributed by atoms with Crippen LogP contribution in [0.3, 0.4) is 0 Å². The van der Waals surface area contributed by atoms with Gasteiger partial charge in [0.15, 0.2) is 5.78 Å². The van der Waals surface area contributed by atoms with Crippen molar-refractivity contribution in [1.82, 2.24) is 0 Å². The van der Waals surface area contributed by atoms with Crippen molar-refractivity contribution in [1.29, 1.82) is 0 Å². The number of carbonyl (C=O) groups is 2. The Balaban J connectivity index is 1.69. The number of nitrogens with one attached hydrogen (secondary N) is 2. The van der Waals surface area contributed by atoms with E-state index in [0.29, 0.717) is 11.3 Å². The highest BCUT2D eigenvalue weighted by Crippen LogP contribution is 2.30. The molecule has 1 amide bonds. The van der Waals surface area contributed by atoms with Gasteiger partial charge in [-0.05, 0) is 42.5 Å². The van der Waals surface area contributed by atoms with Gasteiger partial charge in [0, 0.05) is 24.1 Å². The molecule has 32 heavy (non-hydrogen) atoms. The molecule has 2 N–H and O–H groups in total. The van der Waals surface area contributed by atoms with E-state index in [2.05, 4.69) is 10.0 Å². The summed E-state index contributed by atoms with van der Waals surface area (Å²) in [6.07, 6.45) is 0.00640. The normalized spacial score (nSPS) is 10.9. The highest BCUT2D eigenvalue weighted by molar-refractivity contribution is 7.92. The number of amides is 1. The van der Waals surface area contributed by atoms with Crippen LogP contribution < -0.4 is 14.8 Å². The van der Waals surface area contributed by atoms with Gasteiger partial charge in [0.05, 0.1) is 17.7 Å². The minimum absolute atomic E-state index is 0.0314. The first kappa shape index (κ1) is 23.0. The second-order valence-corrected chi connectivity index (χ2v) is 8.49. The molecule has 0 aliphatic heterocycles. The first-order valence-electron chi connectivity index (χ1n) is 9.63. The average molecular weight is 456 g/mol. The van der Waals surface area contributed by atoms with E-state index in [9.17, 15) is 22.4 Å². The molecule has 0 saturated heterocycles. The second kappa shape index (κ2) is 10.1. The summed E-state index contributed by atoms with van der Waals surface area (Å²) in [6, 6.07) is 17.5. The molecule has 3 aromatic carbocycles. The minimum atomic E-state index is -4.01. The van der Waals surface area contributed by atoms with Gasteiger partial charge in [-0.3, -0.25) is 14.3 Å². The molecule has 9 heteroatoms. The number of halogens is 1. The standard InChI is InChI=1S/C23H21FN2O5S/c1-31-22-13-9-18(25-23(28)14-12-21(27)16-5-3-2-4-6-16)15-20(22)26-32(29,30)19-10-7-17(24)8-11-19/h2-11,13,15,26H,12,14H2,1H3,(H,25,28). The summed E-state index contributed by atoms with van der Waals surface area (Å²) in [4.78, 5) is 24.3. The fourth-order valence-electron chi connectivity index (χ4n) is 2.90. The molecule has 0 spiro atoms. The van der Waals surface area contributed by atoms with E-state index in [4.69, 9.17) is 4.74 Å². The molecule has 0 aromatic heterocycles. The van der Waals surface area contributed by atoms with Gasteiger partial charge in [0.2, 0.25) is 5.91 Å². The van der Waals surface area contributed by atoms with Gasteiger partial charge in [-0.2, -0.15) is 0 Å². The molecule has 0 aliphatic rings. The summed E-state index contributed by atoms with van der Waals surface area (Å²) >= 11 is 0. The van der Waals surface area contributed by atoms with Gasteiger partial charge in [0.25, 0.3) is 10.0 Å². The van der Waals surface area contributed by atoms with Crippen LogP contribution in [0.25, 0.3) is 0 Å². The Kier molecular flexibility index (Phi) is 7.21. The van der Waals surface area contributed by atoms with Crippen LogP contribution in [0.2, 0.25) is 0 Å². The van der Waals surface area contributed by atoms with Crippen molar-refractivity contribution in [3.8, 4) is 5.75 Å². The third kappa shape index (κ3) is 5.92. The first-order valence-corrected chi connectivity index (χ1v) is 11.1. The predicted octanol–water partition coefficient (Wildman–Crippen LogP) is 4.24. The highest BCUT2D eigenvalue weighted by atomic mass is 32.2. The number of ether oxygens (including phenoxy) is 1. The lowest BCUT2D eigenvalue weighted by Gasteiger charge is -2.14. The maximum atomic E-state index is 13.1. The number of Topliss-reactive ketones (excluding diaryl/α,β-unsaturated/α-hetero) is 1. The van der Waals surface area contributed by atoms with E-state index < -0.39 is 21.7 Å². The summed E-state index contributed by atoms with van der Waals surface area (Å²) in [6.45, 7) is 0. The van der Waals surface area contributed by atoms with Crippen molar-refractivity contribution < 1.29 is 27.1 Å². The van der Waals surface area contributed by atoms with E-state index in [1.54, 1.807) is 36.4 Å². The molecule has 0 heterocycles. The summed E-state index contributed by atoms with van der Waals surface area (Å²) < 4.78 is 45.9. The summed E-state index contributed by atoms with van der Waals surface area (Å²) in [5, 5.41) is 2.64. The molecule has 0 atom stereocenters. The average Bonchev–Trinajstić information content (AvgIpc) is 2.78. The van der Waals surface area contributed by atoms with Gasteiger partial charge in [-0.1, -0.05) is 30.3 Å². The Bertz CT molecular complexity index is 1210. The van der Waals surface area contributed by atoms with Crippen LogP contribution in [0.5, 0.6) is 5.75 Å². The zero-order valence-electron chi connectivity index (χ0n) is 17.2. The third-order valence-electron chi connectivity index (χ3n) is 4.53. The molecule has 0 bridgehead atoms. The minimum Gasteiger partial charge on any atom is -0.495 e. The van der Waals surface area contributed by atoms with Crippen molar-refractivity contribution >= 4 is 33.1 Å². The molecule has 3 rings (SSSR count). The molecule has 3 aromatic rings. The monoisotopic (exact) mass is 456 g/mol. The van der Waals surface area contributed by atoms with Gasteiger partial charge >= 0.3 is 0 Å². The number of benzene rings is 3. The maximum Gasteiger partial charge on any atom is 0.262 e. The molecule has 7 nitrogen and oxygen atoms in total. The largest absolute Gasteiger partial charge is 0.495 e. The molecule has 0 radical (unpaired) electrons. The maximum absolute atomic E-state index is 13.1. The SMILES string of the molecule is COc1ccc(NC(=O)CCC(=O)c2ccccc2)cc1NS(=O)(=O)c1ccc(F)cc1. The number of anilines is 2. The molecular weight excluding hydrogens is 435 g/mol. The number of sulfonamides is 1. The highest BCUT2D eigenvalue weighted by Gasteiger charge is 2.18. The van der Waals surface area contributed by atoms with Crippen molar-refractivity contribution in [2.45, 2.75) is 17.7 Å². The van der Waals surface area contributed by atoms with Gasteiger partial charge in [-0.15, -0.1) is 0 Å². The lowest BCUT2D eigenvalue weighted by molar-refractivity contribution is -0.116. The van der Waals surface area contributed by atoms with Crippen molar-refractivity contribution in [3.05, 3.63) is 84.2 Å². The van der Waals surface area contributed by atoms with Crippen LogP contribution in [-0.4, -0.2) is 27.2 Å². The van der Waals surface area contributed by atoms with Crippen LogP contribution in [0.4, 0.5) is 15.8 Å². The van der Waals surface area contributed by atoms with Crippen LogP contribution in [0, 0.1) is 5.82 Å². The van der Waals surface area contributed by atoms with Crippen LogP contribution in [0.15, 0.2) is 77.7 Å². The van der Waals surface area contributed by atoms with Crippen molar-refractivity contribution in [2.24, 2.45) is 0 Å². The Morgan fingerprint density at radius 1 is 0.938 bits per heavy atom. The number of ketones is 1. The number of methoxy groups -OCH3 is 1. The van der Waals surface area contributed by atoms with Gasteiger partial charge < -0.3 is 10.1 Å². The van der Waals surface area contributed by atoms with Crippen molar-refractivity contribution in [3.63, 3.8) is 0 Å². The number of hydrogen-bond donors (Lipinski definition) is 2. The molecular formula is C23H21FN2O5S. The van der Waals surface area contributed by atoms with Crippen LogP contribution in [-0.2, 0) is 14.8 Å². The Hall–Kier alpha value is -3.72. The summed E-state index contributed by atoms with van der Waals surface area (Å²) in [5.74, 6) is -0.875. The zero-order valence-corrected chi connectivity index (χ0v) is 18.0. The second-order valence-electron chi connectivity index (χ2n) is 6.81. The lowest BCUT2D eigenvalue weighted by atomic mass is 10.1. The summed E-state index contributed by atoms with van der Waals surface area (Å²) in [5.41, 5.74) is 0.942. The smallest absolute Gasteiger partial charge is 0.262 e. The number of carbonyl (C=O) groups excluding carboxylic acids is 2.